The Balaban J connectivity index is 1.17. The topological polar surface area (TPSA) is 146 Å². The van der Waals surface area contributed by atoms with Crippen LogP contribution < -0.4 is 26.0 Å². The zero-order valence-electron chi connectivity index (χ0n) is 34.5. The number of aliphatic hydroxyl groups is 1. The number of carbonyl (C=O) groups excluding carboxylic acids is 2. The molecule has 0 spiro atoms. The number of ether oxygens (including phenoxy) is 1. The van der Waals surface area contributed by atoms with Gasteiger partial charge in [0.05, 0.1) is 25.9 Å². The second-order valence-electron chi connectivity index (χ2n) is 17.8. The number of nitrogens with two attached hydrogens (primary N) is 1. The molecule has 2 heterocycles. The van der Waals surface area contributed by atoms with Crippen molar-refractivity contribution in [3.63, 3.8) is 0 Å². The number of aromatic nitrogens is 1. The molecule has 1 unspecified atom stereocenters. The van der Waals surface area contributed by atoms with Crippen molar-refractivity contribution in [2.45, 2.75) is 76.9 Å². The highest BCUT2D eigenvalue weighted by Crippen LogP contribution is 2.81. The number of anilines is 1. The second kappa shape index (κ2) is 15.4. The van der Waals surface area contributed by atoms with Crippen molar-refractivity contribution in [2.75, 3.05) is 53.3 Å². The Labute approximate surface area is 332 Å². The molecule has 0 radical (unpaired) electrons. The van der Waals surface area contributed by atoms with Gasteiger partial charge in [-0.15, -0.1) is 0 Å². The number of pyridine rings is 1. The number of benzene rings is 2. The number of hydroxylamine groups is 2. The number of likely N-dealkylation sites (N-methyl/N-ethyl adjacent to an activating group) is 1. The van der Waals surface area contributed by atoms with Gasteiger partial charge >= 0.3 is 0 Å². The van der Waals surface area contributed by atoms with Gasteiger partial charge in [0.1, 0.15) is 11.8 Å². The molecule has 302 valence electrons. The standard InChI is InChI=1S/C44H61N7O5/c1-25-37-38-34(43(37,3)4)21-44(25,38)48-42(54)39-36(26(2)52)35(22-45)56-51(39)23-27-13-12-15-33(40(27)55-9)28-17-29(19-32(18-28)50(7)8)41(53)47-31(24-49(5)6)20-30-14-10-11-16-46-30/h10-19,25-26,31,34-39,52H,20-24,45H2,1-9H3,(H,47,53)(H,48,54)/t25-,26-,31-,34-,35-,36+,37+,38?,39-,44+/m0/s1. The zero-order chi connectivity index (χ0) is 40.3. The van der Waals surface area contributed by atoms with Crippen molar-refractivity contribution in [3.05, 3.63) is 77.6 Å². The summed E-state index contributed by atoms with van der Waals surface area (Å²) in [6.45, 7) is 9.75. The molecule has 3 saturated carbocycles. The number of amides is 2. The summed E-state index contributed by atoms with van der Waals surface area (Å²) < 4.78 is 6.14. The molecule has 12 heteroatoms. The summed E-state index contributed by atoms with van der Waals surface area (Å²) in [6, 6.07) is 16.6. The molecule has 3 aromatic rings. The highest BCUT2D eigenvalue weighted by molar-refractivity contribution is 5.97. The van der Waals surface area contributed by atoms with E-state index in [1.807, 2.05) is 87.7 Å². The van der Waals surface area contributed by atoms with Crippen LogP contribution in [0.15, 0.2) is 60.8 Å². The van der Waals surface area contributed by atoms with E-state index < -0.39 is 24.2 Å². The number of hydrogen-bond acceptors (Lipinski definition) is 10. The lowest BCUT2D eigenvalue weighted by atomic mass is 9.21. The smallest absolute Gasteiger partial charge is 0.251 e. The Morgan fingerprint density at radius 2 is 1.88 bits per heavy atom. The minimum absolute atomic E-state index is 0.125. The van der Waals surface area contributed by atoms with E-state index in [0.29, 0.717) is 53.4 Å². The number of para-hydroxylation sites is 1. The minimum Gasteiger partial charge on any atom is -0.496 e. The maximum atomic E-state index is 14.5. The first-order valence-electron chi connectivity index (χ1n) is 20.1. The molecule has 1 aromatic heterocycles. The quantitative estimate of drug-likeness (QED) is 0.179. The Morgan fingerprint density at radius 1 is 1.11 bits per heavy atom. The van der Waals surface area contributed by atoms with E-state index in [0.717, 1.165) is 34.5 Å². The highest BCUT2D eigenvalue weighted by atomic mass is 16.7. The van der Waals surface area contributed by atoms with E-state index in [9.17, 15) is 14.7 Å². The van der Waals surface area contributed by atoms with Crippen LogP contribution >= 0.6 is 0 Å². The Bertz CT molecular complexity index is 1910. The number of nitrogens with one attached hydrogen (secondary N) is 2. The number of methoxy groups -OCH3 is 1. The zero-order valence-corrected chi connectivity index (χ0v) is 34.5. The van der Waals surface area contributed by atoms with Gasteiger partial charge in [0.25, 0.3) is 5.91 Å². The van der Waals surface area contributed by atoms with Gasteiger partial charge in [-0.2, -0.15) is 5.06 Å². The molecule has 2 amide bonds. The van der Waals surface area contributed by atoms with Gasteiger partial charge in [0.15, 0.2) is 0 Å². The van der Waals surface area contributed by atoms with Gasteiger partial charge in [-0.05, 0) is 92.4 Å². The fraction of sp³-hybridized carbons (Fsp3) is 0.568. The van der Waals surface area contributed by atoms with Gasteiger partial charge in [-0.1, -0.05) is 45.0 Å². The lowest BCUT2D eigenvalue weighted by Gasteiger charge is -2.86. The van der Waals surface area contributed by atoms with Crippen molar-refractivity contribution in [1.29, 1.82) is 0 Å². The molecular formula is C44H61N7O5. The summed E-state index contributed by atoms with van der Waals surface area (Å²) in [5, 5.41) is 19.5. The largest absolute Gasteiger partial charge is 0.496 e. The van der Waals surface area contributed by atoms with Crippen LogP contribution in [0.4, 0.5) is 5.69 Å². The summed E-state index contributed by atoms with van der Waals surface area (Å²) in [6.07, 6.45) is 2.00. The minimum atomic E-state index is -0.821. The first kappa shape index (κ1) is 40.1. The van der Waals surface area contributed by atoms with Gasteiger partial charge < -0.3 is 36.0 Å². The summed E-state index contributed by atoms with van der Waals surface area (Å²) in [5.41, 5.74) is 11.0. The van der Waals surface area contributed by atoms with Crippen molar-refractivity contribution < 1.29 is 24.3 Å². The van der Waals surface area contributed by atoms with Crippen LogP contribution in [0.5, 0.6) is 5.75 Å². The van der Waals surface area contributed by atoms with Crippen LogP contribution in [0, 0.1) is 35.0 Å². The number of hydrogen-bond donors (Lipinski definition) is 4. The van der Waals surface area contributed by atoms with Crippen molar-refractivity contribution in [2.24, 2.45) is 40.7 Å². The lowest BCUT2D eigenvalue weighted by Crippen LogP contribution is -2.90. The monoisotopic (exact) mass is 767 g/mol. The molecule has 1 aliphatic heterocycles. The van der Waals surface area contributed by atoms with Crippen molar-refractivity contribution >= 4 is 17.5 Å². The average Bonchev–Trinajstić information content (AvgIpc) is 3.53. The Morgan fingerprint density at radius 3 is 2.48 bits per heavy atom. The number of carbonyl (C=O) groups is 2. The number of rotatable bonds is 15. The summed E-state index contributed by atoms with van der Waals surface area (Å²) >= 11 is 0. The first-order valence-corrected chi connectivity index (χ1v) is 20.1. The van der Waals surface area contributed by atoms with Gasteiger partial charge in [-0.25, -0.2) is 0 Å². The van der Waals surface area contributed by atoms with Crippen LogP contribution in [0.3, 0.4) is 0 Å². The molecule has 1 saturated heterocycles. The van der Waals surface area contributed by atoms with E-state index in [-0.39, 0.29) is 36.5 Å². The predicted molar refractivity (Wildman–Crippen MR) is 218 cm³/mol. The third kappa shape index (κ3) is 6.87. The van der Waals surface area contributed by atoms with Crippen LogP contribution in [-0.4, -0.2) is 110 Å². The number of nitrogens with zero attached hydrogens (tertiary/aromatic N) is 4. The highest BCUT2D eigenvalue weighted by Gasteiger charge is 2.83. The van der Waals surface area contributed by atoms with Gasteiger partial charge in [0.2, 0.25) is 5.91 Å². The number of aliphatic hydroxyl groups excluding tert-OH is 1. The molecule has 7 rings (SSSR count). The summed E-state index contributed by atoms with van der Waals surface area (Å²) in [5.74, 6) is 1.96. The van der Waals surface area contributed by atoms with Crippen molar-refractivity contribution in [3.8, 4) is 16.9 Å². The van der Waals surface area contributed by atoms with Gasteiger partial charge in [-0.3, -0.25) is 19.4 Å². The van der Waals surface area contributed by atoms with E-state index in [1.54, 1.807) is 25.3 Å². The van der Waals surface area contributed by atoms with Crippen molar-refractivity contribution in [1.82, 2.24) is 25.6 Å². The maximum Gasteiger partial charge on any atom is 0.251 e. The average molecular weight is 768 g/mol. The molecule has 10 atom stereocenters. The molecule has 56 heavy (non-hydrogen) atoms. The van der Waals surface area contributed by atoms with Gasteiger partial charge in [0, 0.05) is 85.4 Å². The Kier molecular flexibility index (Phi) is 11.0. The third-order valence-corrected chi connectivity index (χ3v) is 13.7. The molecule has 3 aliphatic carbocycles. The maximum absolute atomic E-state index is 14.5. The molecular weight excluding hydrogens is 707 g/mol. The second-order valence-corrected chi connectivity index (χ2v) is 17.8. The van der Waals surface area contributed by atoms with E-state index in [2.05, 4.69) is 41.3 Å². The SMILES string of the molecule is COc1c(CN2O[C@@H](CN)[C@@H]([C@H](C)O)[C@H]2C(=O)N[C@@]23C[C@H]4C2[C@@H]([C@@H]3C)C4(C)C)cccc1-c1cc(C(=O)N[C@@H](Cc2ccccn2)CN(C)C)cc(N(C)C)c1. The normalized spacial score (nSPS) is 29.6. The summed E-state index contributed by atoms with van der Waals surface area (Å²) in [7, 11) is 9.51. The fourth-order valence-corrected chi connectivity index (χ4v) is 11.0. The van der Waals surface area contributed by atoms with E-state index in [1.165, 1.54) is 0 Å². The molecule has 0 bridgehead atoms. The predicted octanol–water partition coefficient (Wildman–Crippen LogP) is 3.96. The first-order chi connectivity index (χ1) is 26.6. The molecule has 2 aromatic carbocycles. The van der Waals surface area contributed by atoms with E-state index in [4.69, 9.17) is 15.3 Å². The Hall–Kier alpha value is -4.07. The molecule has 4 fully saturated rings. The van der Waals surface area contributed by atoms with Crippen LogP contribution in [0.1, 0.15) is 55.7 Å². The third-order valence-electron chi connectivity index (χ3n) is 13.7. The van der Waals surface area contributed by atoms with Crippen LogP contribution in [0.25, 0.3) is 11.1 Å². The van der Waals surface area contributed by atoms with Crippen LogP contribution in [-0.2, 0) is 22.6 Å². The summed E-state index contributed by atoms with van der Waals surface area (Å²) in [4.78, 5) is 43.4. The molecule has 5 N–H and O–H groups in total. The molecule has 4 aliphatic rings. The molecule has 12 nitrogen and oxygen atoms in total. The van der Waals surface area contributed by atoms with E-state index >= 15 is 0 Å². The van der Waals surface area contributed by atoms with Crippen LogP contribution in [0.2, 0.25) is 0 Å². The lowest BCUT2D eigenvalue weighted by molar-refractivity contribution is -0.349. The fourth-order valence-electron chi connectivity index (χ4n) is 11.0.